The second-order valence-corrected chi connectivity index (χ2v) is 5.16. The lowest BCUT2D eigenvalue weighted by molar-refractivity contribution is -0.139. The molecule has 110 valence electrons. The van der Waals surface area contributed by atoms with Gasteiger partial charge in [0, 0.05) is 19.6 Å². The van der Waals surface area contributed by atoms with Crippen molar-refractivity contribution in [1.82, 2.24) is 4.90 Å². The third-order valence-electron chi connectivity index (χ3n) is 3.66. The zero-order valence-electron chi connectivity index (χ0n) is 11.8. The number of halogens is 1. The largest absolute Gasteiger partial charge is 0.378 e. The van der Waals surface area contributed by atoms with Crippen molar-refractivity contribution in [2.24, 2.45) is 11.7 Å². The number of rotatable bonds is 4. The van der Waals surface area contributed by atoms with Gasteiger partial charge in [-0.3, -0.25) is 4.79 Å². The fraction of sp³-hybridized carbons (Fsp3) is 0.533. The smallest absolute Gasteiger partial charge is 0.227 e. The fourth-order valence-electron chi connectivity index (χ4n) is 2.43. The van der Waals surface area contributed by atoms with E-state index in [1.54, 1.807) is 24.0 Å². The first-order valence-corrected chi connectivity index (χ1v) is 6.93. The molecule has 20 heavy (non-hydrogen) atoms. The highest BCUT2D eigenvalue weighted by Crippen LogP contribution is 2.15. The van der Waals surface area contributed by atoms with E-state index in [4.69, 9.17) is 10.5 Å². The minimum absolute atomic E-state index is 0.0674. The molecule has 0 spiro atoms. The lowest BCUT2D eigenvalue weighted by atomic mass is 9.96. The summed E-state index contributed by atoms with van der Waals surface area (Å²) in [4.78, 5) is 14.2. The molecule has 1 fully saturated rings. The predicted octanol–water partition coefficient (Wildman–Crippen LogP) is 1.11. The third-order valence-corrected chi connectivity index (χ3v) is 3.66. The molecule has 1 aromatic carbocycles. The van der Waals surface area contributed by atoms with E-state index >= 15 is 0 Å². The van der Waals surface area contributed by atoms with E-state index < -0.39 is 0 Å². The van der Waals surface area contributed by atoms with Crippen molar-refractivity contribution in [2.75, 3.05) is 32.8 Å². The average Bonchev–Trinajstić information content (AvgIpc) is 2.48. The number of aryl methyl sites for hydroxylation is 1. The van der Waals surface area contributed by atoms with E-state index in [-0.39, 0.29) is 17.6 Å². The van der Waals surface area contributed by atoms with Gasteiger partial charge in [0.2, 0.25) is 5.91 Å². The van der Waals surface area contributed by atoms with E-state index in [0.717, 1.165) is 5.56 Å². The molecule has 0 aliphatic carbocycles. The summed E-state index contributed by atoms with van der Waals surface area (Å²) in [5, 5.41) is 0. The summed E-state index contributed by atoms with van der Waals surface area (Å²) in [6, 6.07) is 4.94. The average molecular weight is 280 g/mol. The Balaban J connectivity index is 2.03. The second kappa shape index (κ2) is 6.81. The van der Waals surface area contributed by atoms with Crippen molar-refractivity contribution >= 4 is 5.91 Å². The van der Waals surface area contributed by atoms with Gasteiger partial charge in [-0.25, -0.2) is 4.39 Å². The summed E-state index contributed by atoms with van der Waals surface area (Å²) >= 11 is 0. The standard InChI is InChI=1S/C15H21FN2O2/c1-11-8-12(2-3-14(11)16)9-13(10-17)15(19)18-4-6-20-7-5-18/h2-3,8,13H,4-7,9-10,17H2,1H3. The Labute approximate surface area is 118 Å². The van der Waals surface area contributed by atoms with Gasteiger partial charge in [0.05, 0.1) is 19.1 Å². The van der Waals surface area contributed by atoms with E-state index in [9.17, 15) is 9.18 Å². The maximum atomic E-state index is 13.3. The molecule has 1 aliphatic rings. The molecule has 0 radical (unpaired) electrons. The summed E-state index contributed by atoms with van der Waals surface area (Å²) in [7, 11) is 0. The molecule has 1 aliphatic heterocycles. The van der Waals surface area contributed by atoms with Crippen molar-refractivity contribution < 1.29 is 13.9 Å². The number of carbonyl (C=O) groups is 1. The number of carbonyl (C=O) groups excluding carboxylic acids is 1. The van der Waals surface area contributed by atoms with E-state index in [1.807, 2.05) is 0 Å². The van der Waals surface area contributed by atoms with Gasteiger partial charge in [-0.1, -0.05) is 12.1 Å². The molecule has 1 atom stereocenters. The molecule has 1 heterocycles. The Bertz CT molecular complexity index is 473. The zero-order chi connectivity index (χ0) is 14.5. The summed E-state index contributed by atoms with van der Waals surface area (Å²) in [5.41, 5.74) is 7.28. The van der Waals surface area contributed by atoms with Crippen LogP contribution in [0.1, 0.15) is 11.1 Å². The first-order chi connectivity index (χ1) is 9.61. The number of amides is 1. The van der Waals surface area contributed by atoms with Gasteiger partial charge >= 0.3 is 0 Å². The summed E-state index contributed by atoms with van der Waals surface area (Å²) in [5.74, 6) is -0.409. The molecular formula is C15H21FN2O2. The Kier molecular flexibility index (Phi) is 5.09. The highest BCUT2D eigenvalue weighted by atomic mass is 19.1. The molecule has 2 N–H and O–H groups in total. The third kappa shape index (κ3) is 3.55. The number of nitrogens with zero attached hydrogens (tertiary/aromatic N) is 1. The Morgan fingerprint density at radius 3 is 2.75 bits per heavy atom. The van der Waals surface area contributed by atoms with Crippen LogP contribution < -0.4 is 5.73 Å². The van der Waals surface area contributed by atoms with Gasteiger partial charge in [-0.05, 0) is 30.5 Å². The van der Waals surface area contributed by atoms with Gasteiger partial charge in [0.25, 0.3) is 0 Å². The van der Waals surface area contributed by atoms with Crippen LogP contribution in [0.2, 0.25) is 0 Å². The van der Waals surface area contributed by atoms with Crippen LogP contribution in [0.3, 0.4) is 0 Å². The second-order valence-electron chi connectivity index (χ2n) is 5.16. The summed E-state index contributed by atoms with van der Waals surface area (Å²) < 4.78 is 18.5. The van der Waals surface area contributed by atoms with Crippen LogP contribution in [-0.2, 0) is 16.0 Å². The van der Waals surface area contributed by atoms with E-state index in [0.29, 0.717) is 44.8 Å². The van der Waals surface area contributed by atoms with E-state index in [2.05, 4.69) is 0 Å². The summed E-state index contributed by atoms with van der Waals surface area (Å²) in [6.07, 6.45) is 0.549. The number of ether oxygens (including phenoxy) is 1. The highest BCUT2D eigenvalue weighted by Gasteiger charge is 2.25. The maximum Gasteiger partial charge on any atom is 0.227 e. The topological polar surface area (TPSA) is 55.6 Å². The molecular weight excluding hydrogens is 259 g/mol. The minimum Gasteiger partial charge on any atom is -0.378 e. The minimum atomic E-state index is -0.252. The quantitative estimate of drug-likeness (QED) is 0.899. The van der Waals surface area contributed by atoms with Crippen LogP contribution in [-0.4, -0.2) is 43.7 Å². The maximum absolute atomic E-state index is 13.3. The van der Waals surface area contributed by atoms with Crippen molar-refractivity contribution in [3.8, 4) is 0 Å². The van der Waals surface area contributed by atoms with Crippen molar-refractivity contribution in [1.29, 1.82) is 0 Å². The van der Waals surface area contributed by atoms with E-state index in [1.165, 1.54) is 6.07 Å². The highest BCUT2D eigenvalue weighted by molar-refractivity contribution is 5.79. The lowest BCUT2D eigenvalue weighted by Crippen LogP contribution is -2.45. The van der Waals surface area contributed by atoms with Crippen LogP contribution in [0.15, 0.2) is 18.2 Å². The molecule has 1 saturated heterocycles. The molecule has 1 amide bonds. The van der Waals surface area contributed by atoms with Gasteiger partial charge in [-0.15, -0.1) is 0 Å². The number of benzene rings is 1. The summed E-state index contributed by atoms with van der Waals surface area (Å²) in [6.45, 7) is 4.43. The molecule has 5 heteroatoms. The monoisotopic (exact) mass is 280 g/mol. The normalized spacial score (nSPS) is 17.1. The lowest BCUT2D eigenvalue weighted by Gasteiger charge is -2.30. The molecule has 0 aromatic heterocycles. The zero-order valence-corrected chi connectivity index (χ0v) is 11.8. The molecule has 2 rings (SSSR count). The number of hydrogen-bond acceptors (Lipinski definition) is 3. The molecule has 0 bridgehead atoms. The van der Waals surface area contributed by atoms with Crippen LogP contribution >= 0.6 is 0 Å². The van der Waals surface area contributed by atoms with Crippen LogP contribution in [0.5, 0.6) is 0 Å². The van der Waals surface area contributed by atoms with Crippen LogP contribution in [0.4, 0.5) is 4.39 Å². The van der Waals surface area contributed by atoms with Gasteiger partial charge in [0.1, 0.15) is 5.82 Å². The molecule has 1 aromatic rings. The van der Waals surface area contributed by atoms with Gasteiger partial charge in [0.15, 0.2) is 0 Å². The van der Waals surface area contributed by atoms with Gasteiger partial charge in [-0.2, -0.15) is 0 Å². The molecule has 0 saturated carbocycles. The predicted molar refractivity (Wildman–Crippen MR) is 74.8 cm³/mol. The Hall–Kier alpha value is -1.46. The van der Waals surface area contributed by atoms with Crippen LogP contribution in [0.25, 0.3) is 0 Å². The van der Waals surface area contributed by atoms with Crippen molar-refractivity contribution in [3.63, 3.8) is 0 Å². The van der Waals surface area contributed by atoms with Crippen molar-refractivity contribution in [3.05, 3.63) is 35.1 Å². The molecule has 4 nitrogen and oxygen atoms in total. The molecule has 1 unspecified atom stereocenters. The van der Waals surface area contributed by atoms with Gasteiger partial charge < -0.3 is 15.4 Å². The number of morpholine rings is 1. The number of nitrogens with two attached hydrogens (primary N) is 1. The van der Waals surface area contributed by atoms with Crippen molar-refractivity contribution in [2.45, 2.75) is 13.3 Å². The SMILES string of the molecule is Cc1cc(CC(CN)C(=O)N2CCOCC2)ccc1F. The van der Waals surface area contributed by atoms with Crippen LogP contribution in [0, 0.1) is 18.7 Å². The fourth-order valence-corrected chi connectivity index (χ4v) is 2.43. The Morgan fingerprint density at radius 1 is 1.45 bits per heavy atom. The first-order valence-electron chi connectivity index (χ1n) is 6.93. The first kappa shape index (κ1) is 14.9. The Morgan fingerprint density at radius 2 is 2.15 bits per heavy atom. The number of hydrogen-bond donors (Lipinski definition) is 1.